The van der Waals surface area contributed by atoms with Gasteiger partial charge in [0.15, 0.2) is 5.16 Å². The van der Waals surface area contributed by atoms with Gasteiger partial charge in [-0.1, -0.05) is 41.0 Å². The van der Waals surface area contributed by atoms with E-state index in [0.717, 1.165) is 5.69 Å². The van der Waals surface area contributed by atoms with Gasteiger partial charge < -0.3 is 5.32 Å². The molecule has 2 aromatic heterocycles. The van der Waals surface area contributed by atoms with Crippen LogP contribution in [-0.4, -0.2) is 36.0 Å². The average molecular weight is 445 g/mol. The summed E-state index contributed by atoms with van der Waals surface area (Å²) in [7, 11) is 0. The number of halogens is 2. The predicted molar refractivity (Wildman–Crippen MR) is 114 cm³/mol. The Morgan fingerprint density at radius 2 is 2.00 bits per heavy atom. The fourth-order valence-corrected chi connectivity index (χ4v) is 3.81. The number of anilines is 1. The zero-order valence-electron chi connectivity index (χ0n) is 14.9. The summed E-state index contributed by atoms with van der Waals surface area (Å²) in [5.74, 6) is -0.0276. The van der Waals surface area contributed by atoms with E-state index in [2.05, 4.69) is 20.4 Å². The fourth-order valence-electron chi connectivity index (χ4n) is 2.68. The molecule has 0 aliphatic carbocycles. The minimum absolute atomic E-state index is 0.168. The van der Waals surface area contributed by atoms with Crippen LogP contribution in [0.4, 0.5) is 5.69 Å². The fraction of sp³-hybridized carbons (Fsp3) is 0.0526. The molecule has 0 bridgehead atoms. The summed E-state index contributed by atoms with van der Waals surface area (Å²) in [6.07, 6.45) is 6.48. The Kier molecular flexibility index (Phi) is 5.84. The van der Waals surface area contributed by atoms with Gasteiger partial charge in [-0.3, -0.25) is 9.36 Å². The van der Waals surface area contributed by atoms with Gasteiger partial charge in [0.05, 0.1) is 17.1 Å². The second-order valence-corrected chi connectivity index (χ2v) is 7.71. The number of carbonyl (C=O) groups is 1. The third kappa shape index (κ3) is 4.61. The molecule has 0 fully saturated rings. The average Bonchev–Trinajstić information content (AvgIpc) is 3.38. The number of aromatic nitrogens is 5. The summed E-state index contributed by atoms with van der Waals surface area (Å²) in [6.45, 7) is 0. The van der Waals surface area contributed by atoms with Gasteiger partial charge in [-0.2, -0.15) is 5.10 Å². The number of nitrogens with zero attached hydrogens (tertiary/aromatic N) is 5. The largest absolute Gasteiger partial charge is 0.323 e. The first kappa shape index (κ1) is 19.5. The molecule has 0 aliphatic heterocycles. The van der Waals surface area contributed by atoms with E-state index in [1.807, 2.05) is 29.0 Å². The Labute approximate surface area is 180 Å². The first-order valence-electron chi connectivity index (χ1n) is 8.46. The molecule has 0 unspecified atom stereocenters. The number of hydrogen-bond acceptors (Lipinski definition) is 5. The van der Waals surface area contributed by atoms with Gasteiger partial charge in [0.25, 0.3) is 0 Å². The second kappa shape index (κ2) is 8.69. The molecule has 1 amide bonds. The van der Waals surface area contributed by atoms with Crippen LogP contribution in [0.1, 0.15) is 0 Å². The number of amides is 1. The van der Waals surface area contributed by atoms with Crippen LogP contribution in [0.3, 0.4) is 0 Å². The van der Waals surface area contributed by atoms with E-state index in [1.54, 1.807) is 41.5 Å². The summed E-state index contributed by atoms with van der Waals surface area (Å²) in [4.78, 5) is 20.8. The standard InChI is InChI=1S/C19H14Cl2N6OS/c20-13-2-1-3-15(8-13)26-7-6-23-19(26)29-10-18(28)25-16-9-14(21)4-5-17(16)27-12-22-11-24-27/h1-9,11-12H,10H2,(H,25,28). The lowest BCUT2D eigenvalue weighted by molar-refractivity contribution is -0.113. The Balaban J connectivity index is 1.47. The summed E-state index contributed by atoms with van der Waals surface area (Å²) in [6, 6.07) is 12.6. The maximum absolute atomic E-state index is 12.6. The van der Waals surface area contributed by atoms with Crippen molar-refractivity contribution < 1.29 is 4.79 Å². The molecule has 10 heteroatoms. The molecular weight excluding hydrogens is 431 g/mol. The van der Waals surface area contributed by atoms with E-state index in [-0.39, 0.29) is 11.7 Å². The number of thioether (sulfide) groups is 1. The lowest BCUT2D eigenvalue weighted by Crippen LogP contribution is -2.16. The highest BCUT2D eigenvalue weighted by molar-refractivity contribution is 7.99. The minimum Gasteiger partial charge on any atom is -0.323 e. The van der Waals surface area contributed by atoms with Gasteiger partial charge in [0, 0.05) is 28.1 Å². The molecule has 0 saturated heterocycles. The van der Waals surface area contributed by atoms with Crippen LogP contribution in [0.25, 0.3) is 11.4 Å². The molecule has 4 aromatic rings. The van der Waals surface area contributed by atoms with Crippen LogP contribution in [0.5, 0.6) is 0 Å². The number of hydrogen-bond donors (Lipinski definition) is 1. The normalized spacial score (nSPS) is 10.8. The molecule has 4 rings (SSSR count). The molecular formula is C19H14Cl2N6OS. The zero-order valence-corrected chi connectivity index (χ0v) is 17.2. The number of rotatable bonds is 6. The van der Waals surface area contributed by atoms with Crippen molar-refractivity contribution in [3.05, 3.63) is 77.6 Å². The molecule has 0 spiro atoms. The van der Waals surface area contributed by atoms with Crippen molar-refractivity contribution in [3.8, 4) is 11.4 Å². The van der Waals surface area contributed by atoms with Crippen LogP contribution in [0, 0.1) is 0 Å². The van der Waals surface area contributed by atoms with Gasteiger partial charge in [-0.05, 0) is 36.4 Å². The topological polar surface area (TPSA) is 77.6 Å². The van der Waals surface area contributed by atoms with Crippen molar-refractivity contribution in [2.75, 3.05) is 11.1 Å². The summed E-state index contributed by atoms with van der Waals surface area (Å²) < 4.78 is 3.44. The Hall–Kier alpha value is -2.81. The summed E-state index contributed by atoms with van der Waals surface area (Å²) >= 11 is 13.5. The van der Waals surface area contributed by atoms with Crippen LogP contribution in [0.15, 0.2) is 72.7 Å². The smallest absolute Gasteiger partial charge is 0.234 e. The maximum atomic E-state index is 12.6. The molecule has 1 N–H and O–H groups in total. The van der Waals surface area contributed by atoms with Crippen LogP contribution in [-0.2, 0) is 4.79 Å². The quantitative estimate of drug-likeness (QED) is 0.443. The van der Waals surface area contributed by atoms with Crippen molar-refractivity contribution in [1.29, 1.82) is 0 Å². The Morgan fingerprint density at radius 3 is 2.79 bits per heavy atom. The highest BCUT2D eigenvalue weighted by atomic mass is 35.5. The number of carbonyl (C=O) groups excluding carboxylic acids is 1. The second-order valence-electron chi connectivity index (χ2n) is 5.90. The van der Waals surface area contributed by atoms with E-state index in [1.165, 1.54) is 18.1 Å². The minimum atomic E-state index is -0.195. The SMILES string of the molecule is O=C(CSc1nccn1-c1cccc(Cl)c1)Nc1cc(Cl)ccc1-n1cncn1. The predicted octanol–water partition coefficient (Wildman–Crippen LogP) is 4.49. The molecule has 29 heavy (non-hydrogen) atoms. The van der Waals surface area contributed by atoms with E-state index in [4.69, 9.17) is 23.2 Å². The van der Waals surface area contributed by atoms with Crippen LogP contribution in [0.2, 0.25) is 10.0 Å². The third-order valence-corrected chi connectivity index (χ3v) is 5.36. The highest BCUT2D eigenvalue weighted by Gasteiger charge is 2.13. The maximum Gasteiger partial charge on any atom is 0.234 e. The lowest BCUT2D eigenvalue weighted by atomic mass is 10.2. The zero-order chi connectivity index (χ0) is 20.2. The van der Waals surface area contributed by atoms with Crippen LogP contribution < -0.4 is 5.32 Å². The number of imidazole rings is 1. The van der Waals surface area contributed by atoms with Gasteiger partial charge >= 0.3 is 0 Å². The third-order valence-electron chi connectivity index (χ3n) is 3.92. The Morgan fingerprint density at radius 1 is 1.14 bits per heavy atom. The van der Waals surface area contributed by atoms with Crippen molar-refractivity contribution >= 4 is 46.6 Å². The van der Waals surface area contributed by atoms with Gasteiger partial charge in [0.2, 0.25) is 5.91 Å². The highest BCUT2D eigenvalue weighted by Crippen LogP contribution is 2.26. The van der Waals surface area contributed by atoms with E-state index < -0.39 is 0 Å². The van der Waals surface area contributed by atoms with Crippen molar-refractivity contribution in [1.82, 2.24) is 24.3 Å². The number of benzene rings is 2. The van der Waals surface area contributed by atoms with E-state index in [0.29, 0.717) is 26.6 Å². The molecule has 0 radical (unpaired) electrons. The van der Waals surface area contributed by atoms with Gasteiger partial charge in [-0.25, -0.2) is 14.6 Å². The van der Waals surface area contributed by atoms with Crippen molar-refractivity contribution in [2.45, 2.75) is 5.16 Å². The molecule has 146 valence electrons. The molecule has 2 heterocycles. The van der Waals surface area contributed by atoms with Crippen molar-refractivity contribution in [3.63, 3.8) is 0 Å². The van der Waals surface area contributed by atoms with Gasteiger partial charge in [0.1, 0.15) is 12.7 Å². The first-order valence-corrected chi connectivity index (χ1v) is 10.2. The molecule has 0 aliphatic rings. The molecule has 7 nitrogen and oxygen atoms in total. The molecule has 0 saturated carbocycles. The molecule has 2 aromatic carbocycles. The lowest BCUT2D eigenvalue weighted by Gasteiger charge is -2.12. The van der Waals surface area contributed by atoms with Crippen LogP contribution >= 0.6 is 35.0 Å². The van der Waals surface area contributed by atoms with E-state index >= 15 is 0 Å². The monoisotopic (exact) mass is 444 g/mol. The van der Waals surface area contributed by atoms with Gasteiger partial charge in [-0.15, -0.1) is 0 Å². The first-order chi connectivity index (χ1) is 14.1. The number of nitrogens with one attached hydrogen (secondary N) is 1. The summed E-state index contributed by atoms with van der Waals surface area (Å²) in [5, 5.41) is 8.81. The Bertz CT molecular complexity index is 1150. The van der Waals surface area contributed by atoms with Crippen molar-refractivity contribution in [2.24, 2.45) is 0 Å². The van der Waals surface area contributed by atoms with E-state index in [9.17, 15) is 4.79 Å². The summed E-state index contributed by atoms with van der Waals surface area (Å²) in [5.41, 5.74) is 2.10. The molecule has 0 atom stereocenters.